The molecule has 3 aromatic rings. The van der Waals surface area contributed by atoms with Gasteiger partial charge in [0, 0.05) is 17.9 Å². The normalized spacial score (nSPS) is 15.7. The number of aliphatic carboxylic acids is 2. The van der Waals surface area contributed by atoms with Gasteiger partial charge >= 0.3 is 11.9 Å². The first-order chi connectivity index (χ1) is 17.0. The van der Waals surface area contributed by atoms with Gasteiger partial charge in [0.05, 0.1) is 4.53 Å². The van der Waals surface area contributed by atoms with E-state index in [1.165, 1.54) is 5.56 Å². The van der Waals surface area contributed by atoms with Crippen LogP contribution in [0.4, 0.5) is 11.4 Å². The Bertz CT molecular complexity index is 1590. The Morgan fingerprint density at radius 2 is 1.86 bits per heavy atom. The number of carboxylic acid groups (broad SMARTS) is 2. The fraction of sp³-hybridized carbons (Fsp3) is 0.259. The van der Waals surface area contributed by atoms with E-state index >= 15 is 0 Å². The molecule has 36 heavy (non-hydrogen) atoms. The molecule has 1 aromatic heterocycles. The minimum atomic E-state index is -1.52. The van der Waals surface area contributed by atoms with Crippen molar-refractivity contribution >= 4 is 46.3 Å². The molecule has 2 N–H and O–H groups in total. The summed E-state index contributed by atoms with van der Waals surface area (Å²) < 4.78 is 0.796. The summed E-state index contributed by atoms with van der Waals surface area (Å²) in [6.07, 6.45) is 2.54. The third-order valence-corrected chi connectivity index (χ3v) is 7.52. The van der Waals surface area contributed by atoms with Crippen molar-refractivity contribution in [2.24, 2.45) is 0 Å². The predicted octanol–water partition coefficient (Wildman–Crippen LogP) is 2.71. The Morgan fingerprint density at radius 1 is 1.17 bits per heavy atom. The highest BCUT2D eigenvalue weighted by molar-refractivity contribution is 7.07. The van der Waals surface area contributed by atoms with Crippen LogP contribution in [0.2, 0.25) is 0 Å². The molecule has 0 atom stereocenters. The molecule has 0 radical (unpaired) electrons. The summed E-state index contributed by atoms with van der Waals surface area (Å²) in [6, 6.07) is 15.8. The molecule has 4 rings (SSSR count). The minimum Gasteiger partial charge on any atom is -0.480 e. The molecular weight excluding hydrogens is 478 g/mol. The lowest BCUT2D eigenvalue weighted by Crippen LogP contribution is -2.35. The van der Waals surface area contributed by atoms with E-state index in [0.717, 1.165) is 51.4 Å². The summed E-state index contributed by atoms with van der Waals surface area (Å²) in [5.41, 5.74) is 3.77. The molecule has 0 unspecified atom stereocenters. The Kier molecular flexibility index (Phi) is 6.57. The third kappa shape index (κ3) is 4.68. The summed E-state index contributed by atoms with van der Waals surface area (Å²) >= 11 is 0.801. The lowest BCUT2D eigenvalue weighted by Gasteiger charge is -2.40. The van der Waals surface area contributed by atoms with Crippen LogP contribution < -0.4 is 19.7 Å². The summed E-state index contributed by atoms with van der Waals surface area (Å²) in [6.45, 7) is 6.52. The molecule has 0 bridgehead atoms. The molecule has 0 spiro atoms. The number of thiazole rings is 1. The van der Waals surface area contributed by atoms with E-state index in [-0.39, 0.29) is 14.6 Å². The van der Waals surface area contributed by atoms with Crippen molar-refractivity contribution in [3.8, 4) is 6.07 Å². The van der Waals surface area contributed by atoms with E-state index in [1.807, 2.05) is 25.1 Å². The molecular formula is C27H25N3O5S. The molecule has 2 heterocycles. The molecule has 0 saturated carbocycles. The van der Waals surface area contributed by atoms with Crippen LogP contribution in [0.3, 0.4) is 0 Å². The van der Waals surface area contributed by atoms with Gasteiger partial charge in [0.25, 0.3) is 5.56 Å². The fourth-order valence-electron chi connectivity index (χ4n) is 4.38. The monoisotopic (exact) mass is 503 g/mol. The Balaban J connectivity index is 1.89. The van der Waals surface area contributed by atoms with Gasteiger partial charge in [-0.3, -0.25) is 14.2 Å². The van der Waals surface area contributed by atoms with Crippen LogP contribution in [-0.4, -0.2) is 33.3 Å². The fourth-order valence-corrected chi connectivity index (χ4v) is 5.48. The van der Waals surface area contributed by atoms with Gasteiger partial charge in [-0.1, -0.05) is 37.6 Å². The molecule has 9 heteroatoms. The molecule has 0 saturated heterocycles. The van der Waals surface area contributed by atoms with Gasteiger partial charge in [-0.15, -0.1) is 11.3 Å². The van der Waals surface area contributed by atoms with Crippen LogP contribution in [0.5, 0.6) is 0 Å². The number of benzene rings is 2. The van der Waals surface area contributed by atoms with E-state index in [0.29, 0.717) is 0 Å². The summed E-state index contributed by atoms with van der Waals surface area (Å²) in [7, 11) is 0. The van der Waals surface area contributed by atoms with Crippen LogP contribution in [0, 0.1) is 18.3 Å². The SMILES string of the molecule is Cc1ccc(N2CCC(C)(C)c3cc(/C=c4/s/c(=C(\C#N)C(=O)O)n(CC(=O)O)c4=O)ccc32)cc1. The topological polar surface area (TPSA) is 124 Å². The lowest BCUT2D eigenvalue weighted by molar-refractivity contribution is -0.138. The van der Waals surface area contributed by atoms with Crippen molar-refractivity contribution in [2.45, 2.75) is 39.2 Å². The van der Waals surface area contributed by atoms with E-state index in [9.17, 15) is 29.9 Å². The smallest absolute Gasteiger partial charge is 0.349 e. The van der Waals surface area contributed by atoms with Crippen LogP contribution in [0.1, 0.15) is 37.0 Å². The minimum absolute atomic E-state index is 0.116. The molecule has 0 amide bonds. The summed E-state index contributed by atoms with van der Waals surface area (Å²) in [4.78, 5) is 38.1. The van der Waals surface area contributed by atoms with Gasteiger partial charge in [0.15, 0.2) is 5.57 Å². The highest BCUT2D eigenvalue weighted by Gasteiger charge is 2.32. The molecule has 0 fully saturated rings. The largest absolute Gasteiger partial charge is 0.480 e. The van der Waals surface area contributed by atoms with Crippen LogP contribution in [-0.2, 0) is 21.5 Å². The molecule has 1 aliphatic heterocycles. The predicted molar refractivity (Wildman–Crippen MR) is 138 cm³/mol. The molecule has 184 valence electrons. The van der Waals surface area contributed by atoms with E-state index in [1.54, 1.807) is 12.1 Å². The van der Waals surface area contributed by atoms with Gasteiger partial charge in [-0.25, -0.2) is 4.79 Å². The van der Waals surface area contributed by atoms with Gasteiger partial charge < -0.3 is 15.1 Å². The zero-order valence-electron chi connectivity index (χ0n) is 20.1. The van der Waals surface area contributed by atoms with Crippen molar-refractivity contribution in [3.63, 3.8) is 0 Å². The Labute approximate surface area is 211 Å². The first-order valence-electron chi connectivity index (χ1n) is 11.3. The number of carbonyl (C=O) groups is 2. The van der Waals surface area contributed by atoms with Crippen molar-refractivity contribution in [1.82, 2.24) is 4.57 Å². The number of anilines is 2. The second-order valence-electron chi connectivity index (χ2n) is 9.39. The number of fused-ring (bicyclic) bond motifs is 1. The average Bonchev–Trinajstić information content (AvgIpc) is 3.10. The first kappa shape index (κ1) is 24.9. The van der Waals surface area contributed by atoms with E-state index < -0.39 is 29.6 Å². The van der Waals surface area contributed by atoms with Crippen molar-refractivity contribution in [2.75, 3.05) is 11.4 Å². The number of hydrogen-bond acceptors (Lipinski definition) is 6. The number of nitrogens with zero attached hydrogens (tertiary/aromatic N) is 3. The number of hydrogen-bond donors (Lipinski definition) is 2. The summed E-state index contributed by atoms with van der Waals surface area (Å²) in [5.74, 6) is -2.83. The maximum Gasteiger partial charge on any atom is 0.349 e. The zero-order chi connectivity index (χ0) is 26.2. The standard InChI is InChI=1S/C27H25N3O5S/c1-16-4-7-18(8-5-16)29-11-10-27(2,3)20-12-17(6-9-21(20)29)13-22-24(33)30(15-23(31)32)25(36-22)19(14-28)26(34)35/h4-9,12-13H,10-11,15H2,1-3H3,(H,31,32)(H,34,35)/b22-13+,25-19+. The Hall–Kier alpha value is -4.16. The number of aromatic nitrogens is 1. The molecule has 0 aliphatic carbocycles. The molecule has 8 nitrogen and oxygen atoms in total. The first-order valence-corrected chi connectivity index (χ1v) is 12.1. The summed E-state index contributed by atoms with van der Waals surface area (Å²) in [5, 5.41) is 27.9. The highest BCUT2D eigenvalue weighted by atomic mass is 32.1. The third-order valence-electron chi connectivity index (χ3n) is 6.38. The van der Waals surface area contributed by atoms with Crippen LogP contribution >= 0.6 is 11.3 Å². The van der Waals surface area contributed by atoms with Gasteiger partial charge in [0.2, 0.25) is 0 Å². The average molecular weight is 504 g/mol. The number of carboxylic acids is 2. The molecule has 1 aliphatic rings. The molecule has 2 aromatic carbocycles. The van der Waals surface area contributed by atoms with Crippen molar-refractivity contribution < 1.29 is 19.8 Å². The van der Waals surface area contributed by atoms with Crippen LogP contribution in [0.15, 0.2) is 47.3 Å². The van der Waals surface area contributed by atoms with Crippen molar-refractivity contribution in [3.05, 3.63) is 78.7 Å². The van der Waals surface area contributed by atoms with Crippen molar-refractivity contribution in [1.29, 1.82) is 5.26 Å². The zero-order valence-corrected chi connectivity index (χ0v) is 20.9. The number of rotatable bonds is 5. The van der Waals surface area contributed by atoms with Gasteiger partial charge in [-0.05, 0) is 60.2 Å². The quantitative estimate of drug-likeness (QED) is 0.549. The van der Waals surface area contributed by atoms with Gasteiger partial charge in [-0.2, -0.15) is 5.26 Å². The maximum atomic E-state index is 13.0. The van der Waals surface area contributed by atoms with Crippen LogP contribution in [0.25, 0.3) is 11.6 Å². The highest BCUT2D eigenvalue weighted by Crippen LogP contribution is 2.43. The number of nitriles is 1. The second-order valence-corrected chi connectivity index (χ2v) is 10.4. The van der Waals surface area contributed by atoms with Gasteiger partial charge in [0.1, 0.15) is 17.3 Å². The van der Waals surface area contributed by atoms with E-state index in [2.05, 4.69) is 43.0 Å². The van der Waals surface area contributed by atoms with E-state index in [4.69, 9.17) is 0 Å². The Morgan fingerprint density at radius 3 is 2.47 bits per heavy atom. The maximum absolute atomic E-state index is 13.0. The lowest BCUT2D eigenvalue weighted by atomic mass is 9.77. The second kappa shape index (κ2) is 9.47. The number of aryl methyl sites for hydroxylation is 1.